The Morgan fingerprint density at radius 3 is 1.89 bits per heavy atom. The van der Waals surface area contributed by atoms with Crippen LogP contribution in [-0.4, -0.2) is 24.9 Å². The number of aryl methyl sites for hydroxylation is 2. The molecule has 298 valence electrons. The lowest BCUT2D eigenvalue weighted by atomic mass is 9.67. The van der Waals surface area contributed by atoms with Gasteiger partial charge in [0.15, 0.2) is 23.3 Å². The average Bonchev–Trinajstić information content (AvgIpc) is 3.85. The summed E-state index contributed by atoms with van der Waals surface area (Å²) in [6, 6.07) is 51.1. The van der Waals surface area contributed by atoms with Crippen LogP contribution in [0.1, 0.15) is 66.5 Å². The number of fused-ring (bicyclic) bond motifs is 8. The number of hydrogen-bond donors (Lipinski definition) is 0. The molecule has 0 N–H and O–H groups in total. The Bertz CT molecular complexity index is 3220. The van der Waals surface area contributed by atoms with Crippen molar-refractivity contribution < 1.29 is 4.42 Å². The van der Waals surface area contributed by atoms with Crippen molar-refractivity contribution in [2.45, 2.75) is 57.3 Å². The molecule has 1 spiro atoms. The van der Waals surface area contributed by atoms with Crippen molar-refractivity contribution in [1.82, 2.24) is 24.9 Å². The molecule has 12 rings (SSSR count). The fourth-order valence-corrected chi connectivity index (χ4v) is 10.4. The highest BCUT2D eigenvalue weighted by Gasteiger charge is 2.45. The predicted molar refractivity (Wildman–Crippen MR) is 249 cm³/mol. The van der Waals surface area contributed by atoms with Gasteiger partial charge in [-0.25, -0.2) is 24.9 Å². The lowest BCUT2D eigenvalue weighted by molar-refractivity contribution is 0.353. The molecule has 0 atom stereocenters. The van der Waals surface area contributed by atoms with E-state index in [4.69, 9.17) is 29.3 Å². The van der Waals surface area contributed by atoms with E-state index in [2.05, 4.69) is 140 Å². The molecule has 1 fully saturated rings. The first-order valence-electron chi connectivity index (χ1n) is 21.9. The van der Waals surface area contributed by atoms with Gasteiger partial charge in [0.2, 0.25) is 0 Å². The van der Waals surface area contributed by atoms with Gasteiger partial charge in [-0.1, -0.05) is 158 Å². The summed E-state index contributed by atoms with van der Waals surface area (Å²) in [5.41, 5.74) is 16.4. The second kappa shape index (κ2) is 14.7. The van der Waals surface area contributed by atoms with E-state index in [-0.39, 0.29) is 5.41 Å². The van der Waals surface area contributed by atoms with Crippen molar-refractivity contribution in [2.75, 3.05) is 0 Å². The van der Waals surface area contributed by atoms with Gasteiger partial charge in [-0.3, -0.25) is 0 Å². The summed E-state index contributed by atoms with van der Waals surface area (Å²) in [7, 11) is 0. The van der Waals surface area contributed by atoms with Gasteiger partial charge in [-0.15, -0.1) is 0 Å². The monoisotopic (exact) mass is 801 g/mol. The number of allylic oxidation sites excluding steroid dienone is 1. The standard InChI is InChI=1S/C56H43N5O/c1-35-32-43(50-40-20-9-11-23-44(40)56(45(50)33-35)30-13-4-14-31-56)55-60-53(37-18-7-3-8-19-37)59-54(61-55)39-28-26-38(27-29-39)52-57-46(36-16-5-2-6-17-36)34-47(58-52)41-22-15-25-49-51(41)42-21-10-12-24-48(42)62-49/h2-3,5-9,11-12,15-20,22-29,32-34H,4,10,13-14,21,30-31H2,1H3. The van der Waals surface area contributed by atoms with Crippen LogP contribution in [0.4, 0.5) is 0 Å². The highest BCUT2D eigenvalue weighted by atomic mass is 16.3. The summed E-state index contributed by atoms with van der Waals surface area (Å²) in [5.74, 6) is 3.55. The smallest absolute Gasteiger partial charge is 0.164 e. The predicted octanol–water partition coefficient (Wildman–Crippen LogP) is 13.9. The van der Waals surface area contributed by atoms with Gasteiger partial charge < -0.3 is 4.42 Å². The van der Waals surface area contributed by atoms with E-state index in [1.54, 1.807) is 0 Å². The van der Waals surface area contributed by atoms with Crippen molar-refractivity contribution in [3.8, 4) is 79.2 Å². The largest absolute Gasteiger partial charge is 0.456 e. The van der Waals surface area contributed by atoms with Crippen molar-refractivity contribution in [3.05, 3.63) is 180 Å². The summed E-state index contributed by atoms with van der Waals surface area (Å²) < 4.78 is 6.33. The van der Waals surface area contributed by atoms with E-state index < -0.39 is 0 Å². The molecule has 6 heteroatoms. The number of furan rings is 1. The van der Waals surface area contributed by atoms with Gasteiger partial charge in [0, 0.05) is 49.7 Å². The molecule has 0 radical (unpaired) electrons. The summed E-state index contributed by atoms with van der Waals surface area (Å²) in [5, 5.41) is 1.13. The van der Waals surface area contributed by atoms with E-state index >= 15 is 0 Å². The second-order valence-electron chi connectivity index (χ2n) is 17.1. The van der Waals surface area contributed by atoms with Crippen molar-refractivity contribution in [1.29, 1.82) is 0 Å². The van der Waals surface area contributed by atoms with Gasteiger partial charge in [-0.2, -0.15) is 0 Å². The Balaban J connectivity index is 0.995. The fourth-order valence-electron chi connectivity index (χ4n) is 10.4. The van der Waals surface area contributed by atoms with E-state index in [0.29, 0.717) is 23.3 Å². The molecule has 62 heavy (non-hydrogen) atoms. The number of aromatic nitrogens is 5. The van der Waals surface area contributed by atoms with E-state index in [9.17, 15) is 0 Å². The highest BCUT2D eigenvalue weighted by molar-refractivity contribution is 5.98. The molecule has 3 aliphatic carbocycles. The fraction of sp³-hybridized carbons (Fsp3) is 0.161. The van der Waals surface area contributed by atoms with E-state index in [0.717, 1.165) is 74.3 Å². The second-order valence-corrected chi connectivity index (χ2v) is 17.1. The number of benzene rings is 6. The molecule has 1 saturated carbocycles. The molecule has 3 aliphatic rings. The van der Waals surface area contributed by atoms with Crippen LogP contribution in [-0.2, 0) is 11.8 Å². The van der Waals surface area contributed by atoms with Crippen LogP contribution in [0.25, 0.3) is 96.2 Å². The molecule has 0 saturated heterocycles. The molecule has 0 aliphatic heterocycles. The van der Waals surface area contributed by atoms with Crippen LogP contribution >= 0.6 is 0 Å². The van der Waals surface area contributed by atoms with E-state index in [1.165, 1.54) is 65.5 Å². The number of nitrogens with zero attached hydrogens (tertiary/aromatic N) is 5. The van der Waals surface area contributed by atoms with Crippen molar-refractivity contribution >= 4 is 17.0 Å². The van der Waals surface area contributed by atoms with E-state index in [1.807, 2.05) is 24.3 Å². The zero-order valence-electron chi connectivity index (χ0n) is 34.6. The van der Waals surface area contributed by atoms with Crippen molar-refractivity contribution in [3.63, 3.8) is 0 Å². The zero-order chi connectivity index (χ0) is 41.2. The van der Waals surface area contributed by atoms with Crippen LogP contribution < -0.4 is 0 Å². The molecular formula is C56H43N5O. The van der Waals surface area contributed by atoms with Crippen LogP contribution in [0.2, 0.25) is 0 Å². The molecule has 9 aromatic rings. The van der Waals surface area contributed by atoms with Gasteiger partial charge >= 0.3 is 0 Å². The van der Waals surface area contributed by atoms with Crippen LogP contribution in [0.5, 0.6) is 0 Å². The molecule has 3 aromatic heterocycles. The van der Waals surface area contributed by atoms with Gasteiger partial charge in [0.25, 0.3) is 0 Å². The Hall–Kier alpha value is -7.31. The zero-order valence-corrected chi connectivity index (χ0v) is 34.6. The van der Waals surface area contributed by atoms with Gasteiger partial charge in [-0.05, 0) is 79.1 Å². The normalized spacial score (nSPS) is 14.8. The maximum absolute atomic E-state index is 6.33. The molecule has 6 aromatic carbocycles. The lowest BCUT2D eigenvalue weighted by Crippen LogP contribution is -2.28. The summed E-state index contributed by atoms with van der Waals surface area (Å²) >= 11 is 0. The Kier molecular flexibility index (Phi) is 8.66. The molecule has 6 nitrogen and oxygen atoms in total. The number of rotatable bonds is 6. The summed E-state index contributed by atoms with van der Waals surface area (Å²) in [6.07, 6.45) is 12.3. The third-order valence-corrected chi connectivity index (χ3v) is 13.3. The summed E-state index contributed by atoms with van der Waals surface area (Å²) in [6.45, 7) is 2.21. The molecular weight excluding hydrogens is 759 g/mol. The third-order valence-electron chi connectivity index (χ3n) is 13.3. The lowest BCUT2D eigenvalue weighted by Gasteiger charge is -2.36. The molecule has 0 amide bonds. The SMILES string of the molecule is Cc1cc(-c2nc(-c3ccccc3)nc(-c3ccc(-c4nc(-c5ccccc5)cc(-c5cccc6oc7c(c56)CCC=C7)n4)cc3)n2)c2c(c1)C1(CCCCC1)c1ccccc1-2. The summed E-state index contributed by atoms with van der Waals surface area (Å²) in [4.78, 5) is 26.2. The minimum Gasteiger partial charge on any atom is -0.456 e. The third kappa shape index (κ3) is 6.04. The van der Waals surface area contributed by atoms with Crippen LogP contribution in [0.3, 0.4) is 0 Å². The minimum atomic E-state index is 0.0282. The Morgan fingerprint density at radius 2 is 1.13 bits per heavy atom. The first kappa shape index (κ1) is 36.5. The molecule has 0 bridgehead atoms. The first-order valence-corrected chi connectivity index (χ1v) is 21.9. The van der Waals surface area contributed by atoms with Gasteiger partial charge in [0.05, 0.1) is 11.4 Å². The first-order chi connectivity index (χ1) is 30.6. The van der Waals surface area contributed by atoms with Crippen LogP contribution in [0, 0.1) is 6.92 Å². The quantitative estimate of drug-likeness (QED) is 0.167. The van der Waals surface area contributed by atoms with Gasteiger partial charge in [0.1, 0.15) is 11.3 Å². The maximum atomic E-state index is 6.33. The molecule has 0 unspecified atom stereocenters. The Morgan fingerprint density at radius 1 is 0.500 bits per heavy atom. The minimum absolute atomic E-state index is 0.0282. The highest BCUT2D eigenvalue weighted by Crippen LogP contribution is 2.58. The van der Waals surface area contributed by atoms with Crippen LogP contribution in [0.15, 0.2) is 156 Å². The average molecular weight is 802 g/mol. The topological polar surface area (TPSA) is 77.6 Å². The Labute approximate surface area is 361 Å². The van der Waals surface area contributed by atoms with Crippen molar-refractivity contribution in [2.24, 2.45) is 0 Å². The maximum Gasteiger partial charge on any atom is 0.164 e. The molecule has 3 heterocycles. The number of hydrogen-bond acceptors (Lipinski definition) is 6.